The third kappa shape index (κ3) is 2.73. The summed E-state index contributed by atoms with van der Waals surface area (Å²) in [5.74, 6) is 0.235. The molecule has 0 bridgehead atoms. The monoisotopic (exact) mass is 279 g/mol. The minimum atomic E-state index is -0.608. The number of aryl methyl sites for hydroxylation is 1. The van der Waals surface area contributed by atoms with Crippen LogP contribution in [-0.2, 0) is 16.1 Å². The smallest absolute Gasteiger partial charge is 0.328 e. The number of esters is 1. The van der Waals surface area contributed by atoms with Gasteiger partial charge in [-0.2, -0.15) is 0 Å². The number of rotatable bonds is 7. The van der Waals surface area contributed by atoms with Gasteiger partial charge >= 0.3 is 5.97 Å². The predicted octanol–water partition coefficient (Wildman–Crippen LogP) is 1.82. The van der Waals surface area contributed by atoms with Gasteiger partial charge in [0.05, 0.1) is 25.2 Å². The summed E-state index contributed by atoms with van der Waals surface area (Å²) < 4.78 is 7.41. The molecule has 1 aromatic heterocycles. The quantitative estimate of drug-likeness (QED) is 0.774. The first-order valence-electron chi connectivity index (χ1n) is 7.45. The molecule has 1 fully saturated rings. The lowest BCUT2D eigenvalue weighted by molar-refractivity contribution is -0.153. The summed E-state index contributed by atoms with van der Waals surface area (Å²) in [7, 11) is 0. The van der Waals surface area contributed by atoms with E-state index in [1.165, 1.54) is 0 Å². The van der Waals surface area contributed by atoms with E-state index in [0.29, 0.717) is 19.1 Å². The Bertz CT molecular complexity index is 479. The zero-order chi connectivity index (χ0) is 14.8. The predicted molar refractivity (Wildman–Crippen MR) is 77.5 cm³/mol. The fourth-order valence-electron chi connectivity index (χ4n) is 2.76. The zero-order valence-electron chi connectivity index (χ0n) is 12.9. The maximum Gasteiger partial charge on any atom is 0.328 e. The number of likely N-dealkylation sites (N-methyl/N-ethyl adjacent to an activating group) is 1. The molecule has 0 aliphatic heterocycles. The number of carbonyl (C=O) groups is 1. The van der Waals surface area contributed by atoms with Gasteiger partial charge in [0.2, 0.25) is 0 Å². The molecule has 1 aliphatic rings. The number of carbonyl (C=O) groups excluding carboxylic acids is 1. The average Bonchev–Trinajstić information content (AvgIpc) is 3.22. The van der Waals surface area contributed by atoms with E-state index >= 15 is 0 Å². The molecule has 1 aliphatic carbocycles. The lowest BCUT2D eigenvalue weighted by atomic mass is 9.92. The Morgan fingerprint density at radius 3 is 2.65 bits per heavy atom. The molecule has 2 rings (SSSR count). The van der Waals surface area contributed by atoms with Crippen LogP contribution in [0.3, 0.4) is 0 Å². The summed E-state index contributed by atoms with van der Waals surface area (Å²) in [6.07, 6.45) is 3.98. The average molecular weight is 279 g/mol. The number of hydrogen-bond acceptors (Lipinski definition) is 4. The van der Waals surface area contributed by atoms with Crippen LogP contribution in [0.2, 0.25) is 0 Å². The van der Waals surface area contributed by atoms with Crippen molar-refractivity contribution in [1.29, 1.82) is 0 Å². The van der Waals surface area contributed by atoms with E-state index in [1.807, 2.05) is 34.0 Å². The van der Waals surface area contributed by atoms with E-state index in [4.69, 9.17) is 4.74 Å². The normalized spacial score (nSPS) is 17.8. The van der Waals surface area contributed by atoms with Crippen molar-refractivity contribution in [3.05, 3.63) is 17.7 Å². The number of ether oxygens (including phenoxy) is 1. The van der Waals surface area contributed by atoms with E-state index in [2.05, 4.69) is 14.9 Å². The molecule has 1 aromatic rings. The Balaban J connectivity index is 2.30. The van der Waals surface area contributed by atoms with Gasteiger partial charge in [-0.1, -0.05) is 6.92 Å². The van der Waals surface area contributed by atoms with Crippen molar-refractivity contribution in [2.24, 2.45) is 5.92 Å². The van der Waals surface area contributed by atoms with E-state index in [9.17, 15) is 4.79 Å². The maximum atomic E-state index is 12.5. The standard InChI is InChI=1S/C15H25N3O2/c1-5-17-15(13-7-8-13,14(19)20-6-2)9-18-10-16-11(3)12(18)4/h10,13,17H,5-9H2,1-4H3. The van der Waals surface area contributed by atoms with E-state index < -0.39 is 5.54 Å². The molecule has 1 N–H and O–H groups in total. The molecule has 0 aromatic carbocycles. The Hall–Kier alpha value is -1.36. The molecule has 20 heavy (non-hydrogen) atoms. The number of imidazole rings is 1. The van der Waals surface area contributed by atoms with Gasteiger partial charge in [0.1, 0.15) is 5.54 Å². The first-order valence-corrected chi connectivity index (χ1v) is 7.45. The van der Waals surface area contributed by atoms with Gasteiger partial charge in [0.25, 0.3) is 0 Å². The Labute approximate surface area is 120 Å². The highest BCUT2D eigenvalue weighted by Gasteiger charge is 2.52. The Morgan fingerprint density at radius 2 is 2.20 bits per heavy atom. The minimum Gasteiger partial charge on any atom is -0.465 e. The fraction of sp³-hybridized carbons (Fsp3) is 0.733. The molecule has 1 saturated carbocycles. The third-order valence-corrected chi connectivity index (χ3v) is 4.17. The second-order valence-corrected chi connectivity index (χ2v) is 5.54. The molecular formula is C15H25N3O2. The Morgan fingerprint density at radius 1 is 1.50 bits per heavy atom. The number of aromatic nitrogens is 2. The number of nitrogens with zero attached hydrogens (tertiary/aromatic N) is 2. The van der Waals surface area contributed by atoms with Crippen molar-refractivity contribution in [2.75, 3.05) is 13.2 Å². The van der Waals surface area contributed by atoms with Crippen LogP contribution in [0.4, 0.5) is 0 Å². The van der Waals surface area contributed by atoms with Gasteiger partial charge in [-0.25, -0.2) is 9.78 Å². The van der Waals surface area contributed by atoms with Crippen LogP contribution >= 0.6 is 0 Å². The van der Waals surface area contributed by atoms with Crippen molar-refractivity contribution in [2.45, 2.75) is 52.6 Å². The number of nitrogens with one attached hydrogen (secondary N) is 1. The Kier molecular flexibility index (Phi) is 4.48. The van der Waals surface area contributed by atoms with E-state index in [0.717, 1.165) is 30.8 Å². The second kappa shape index (κ2) is 5.95. The van der Waals surface area contributed by atoms with Crippen molar-refractivity contribution in [3.63, 3.8) is 0 Å². The third-order valence-electron chi connectivity index (χ3n) is 4.17. The summed E-state index contributed by atoms with van der Waals surface area (Å²) in [5, 5.41) is 3.40. The molecule has 0 radical (unpaired) electrons. The molecule has 5 nitrogen and oxygen atoms in total. The minimum absolute atomic E-state index is 0.130. The van der Waals surface area contributed by atoms with Crippen LogP contribution in [0.5, 0.6) is 0 Å². The lowest BCUT2D eigenvalue weighted by Gasteiger charge is -2.33. The molecular weight excluding hydrogens is 254 g/mol. The van der Waals surface area contributed by atoms with Crippen molar-refractivity contribution in [3.8, 4) is 0 Å². The van der Waals surface area contributed by atoms with Crippen LogP contribution in [0.15, 0.2) is 6.33 Å². The molecule has 1 unspecified atom stereocenters. The molecule has 112 valence electrons. The van der Waals surface area contributed by atoms with Crippen molar-refractivity contribution in [1.82, 2.24) is 14.9 Å². The van der Waals surface area contributed by atoms with Crippen LogP contribution in [0, 0.1) is 19.8 Å². The molecule has 1 heterocycles. The van der Waals surface area contributed by atoms with Gasteiger partial charge < -0.3 is 14.6 Å². The largest absolute Gasteiger partial charge is 0.465 e. The summed E-state index contributed by atoms with van der Waals surface area (Å²) in [4.78, 5) is 16.9. The van der Waals surface area contributed by atoms with E-state index in [1.54, 1.807) is 0 Å². The van der Waals surface area contributed by atoms with Crippen molar-refractivity contribution >= 4 is 5.97 Å². The summed E-state index contributed by atoms with van der Waals surface area (Å²) >= 11 is 0. The SMILES string of the molecule is CCNC(Cn1cnc(C)c1C)(C(=O)OCC)C1CC1. The maximum absolute atomic E-state index is 12.5. The summed E-state index contributed by atoms with van der Waals surface area (Å²) in [6, 6.07) is 0. The highest BCUT2D eigenvalue weighted by molar-refractivity contribution is 5.82. The molecule has 0 amide bonds. The first kappa shape index (κ1) is 15.0. The van der Waals surface area contributed by atoms with Crippen LogP contribution in [0.1, 0.15) is 38.1 Å². The topological polar surface area (TPSA) is 56.2 Å². The van der Waals surface area contributed by atoms with Crippen LogP contribution in [-0.4, -0.2) is 34.2 Å². The van der Waals surface area contributed by atoms with E-state index in [-0.39, 0.29) is 5.97 Å². The highest BCUT2D eigenvalue weighted by atomic mass is 16.5. The van der Waals surface area contributed by atoms with Gasteiger partial charge in [0.15, 0.2) is 0 Å². The van der Waals surface area contributed by atoms with Gasteiger partial charge in [0, 0.05) is 5.69 Å². The number of hydrogen-bond donors (Lipinski definition) is 1. The molecule has 1 atom stereocenters. The van der Waals surface area contributed by atoms with Gasteiger partial charge in [-0.05, 0) is 46.1 Å². The van der Waals surface area contributed by atoms with Crippen molar-refractivity contribution < 1.29 is 9.53 Å². The molecule has 0 saturated heterocycles. The molecule has 0 spiro atoms. The summed E-state index contributed by atoms with van der Waals surface area (Å²) in [5.41, 5.74) is 1.51. The van der Waals surface area contributed by atoms with Gasteiger partial charge in [-0.3, -0.25) is 0 Å². The zero-order valence-corrected chi connectivity index (χ0v) is 12.9. The lowest BCUT2D eigenvalue weighted by Crippen LogP contribution is -2.57. The highest BCUT2D eigenvalue weighted by Crippen LogP contribution is 2.41. The van der Waals surface area contributed by atoms with Crippen LogP contribution in [0.25, 0.3) is 0 Å². The first-order chi connectivity index (χ1) is 9.55. The van der Waals surface area contributed by atoms with Crippen LogP contribution < -0.4 is 5.32 Å². The second-order valence-electron chi connectivity index (χ2n) is 5.54. The fourth-order valence-corrected chi connectivity index (χ4v) is 2.76. The summed E-state index contributed by atoms with van der Waals surface area (Å²) in [6.45, 7) is 9.68. The molecule has 5 heteroatoms. The van der Waals surface area contributed by atoms with Gasteiger partial charge in [-0.15, -0.1) is 0 Å².